The first-order valence-electron chi connectivity index (χ1n) is 4.82. The van der Waals surface area contributed by atoms with E-state index in [1.807, 2.05) is 0 Å². The van der Waals surface area contributed by atoms with Crippen molar-refractivity contribution in [3.8, 4) is 0 Å². The molecule has 0 aliphatic heterocycles. The molecule has 0 spiro atoms. The van der Waals surface area contributed by atoms with E-state index in [0.717, 1.165) is 4.90 Å². The molecule has 0 saturated heterocycles. The molecule has 16 heavy (non-hydrogen) atoms. The van der Waals surface area contributed by atoms with E-state index in [-0.39, 0.29) is 5.56 Å². The van der Waals surface area contributed by atoms with Gasteiger partial charge < -0.3 is 5.11 Å². The van der Waals surface area contributed by atoms with Crippen LogP contribution < -0.4 is 0 Å². The van der Waals surface area contributed by atoms with Crippen LogP contribution in [0.25, 0.3) is 0 Å². The number of hydrogen-bond acceptors (Lipinski definition) is 3. The fraction of sp³-hybridized carbons (Fsp3) is 0.273. The van der Waals surface area contributed by atoms with Crippen LogP contribution >= 0.6 is 23.4 Å². The molecule has 0 unspecified atom stereocenters. The zero-order valence-corrected chi connectivity index (χ0v) is 9.85. The Labute approximate surface area is 102 Å². The first kappa shape index (κ1) is 11.5. The second kappa shape index (κ2) is 4.47. The van der Waals surface area contributed by atoms with Crippen molar-refractivity contribution in [1.29, 1.82) is 0 Å². The number of carboxylic acids is 1. The van der Waals surface area contributed by atoms with Gasteiger partial charge in [-0.2, -0.15) is 0 Å². The molecule has 5 heteroatoms. The third-order valence-electron chi connectivity index (χ3n) is 2.21. The Kier molecular flexibility index (Phi) is 3.21. The second-order valence-electron chi connectivity index (χ2n) is 3.60. The molecule has 0 heterocycles. The number of halogens is 1. The van der Waals surface area contributed by atoms with Crippen molar-refractivity contribution in [3.05, 3.63) is 28.8 Å². The number of rotatable bonds is 4. The van der Waals surface area contributed by atoms with E-state index in [4.69, 9.17) is 16.7 Å². The summed E-state index contributed by atoms with van der Waals surface area (Å²) in [6.45, 7) is 0. The lowest BCUT2D eigenvalue weighted by molar-refractivity contribution is -0.131. The fourth-order valence-corrected chi connectivity index (χ4v) is 2.59. The number of benzene rings is 1. The molecule has 1 aromatic carbocycles. The Morgan fingerprint density at radius 1 is 1.38 bits per heavy atom. The third kappa shape index (κ3) is 2.57. The SMILES string of the molecule is O=C(O)C(=O)c1ccc(SC2CC2)c(Cl)c1. The van der Waals surface area contributed by atoms with Crippen LogP contribution in [0.2, 0.25) is 5.02 Å². The molecular weight excluding hydrogens is 248 g/mol. The molecule has 3 nitrogen and oxygen atoms in total. The molecule has 0 aromatic heterocycles. The Morgan fingerprint density at radius 2 is 2.06 bits per heavy atom. The monoisotopic (exact) mass is 256 g/mol. The Bertz CT molecular complexity index is 455. The van der Waals surface area contributed by atoms with Gasteiger partial charge in [-0.25, -0.2) is 4.79 Å². The highest BCUT2D eigenvalue weighted by Crippen LogP contribution is 2.41. The van der Waals surface area contributed by atoms with Crippen LogP contribution in [0.15, 0.2) is 23.1 Å². The van der Waals surface area contributed by atoms with Gasteiger partial charge in [0.15, 0.2) is 0 Å². The summed E-state index contributed by atoms with van der Waals surface area (Å²) in [6, 6.07) is 4.64. The Morgan fingerprint density at radius 3 is 2.56 bits per heavy atom. The predicted octanol–water partition coefficient (Wildman–Crippen LogP) is 2.86. The number of ketones is 1. The highest BCUT2D eigenvalue weighted by atomic mass is 35.5. The van der Waals surface area contributed by atoms with E-state index in [0.29, 0.717) is 10.3 Å². The standard InChI is InChI=1S/C11H9ClO3S/c12-8-5-6(10(13)11(14)15)1-4-9(8)16-7-2-3-7/h1,4-5,7H,2-3H2,(H,14,15). The van der Waals surface area contributed by atoms with Gasteiger partial charge in [0.25, 0.3) is 5.78 Å². The number of Topliss-reactive ketones (excluding diaryl/α,β-unsaturated/α-hetero) is 1. The van der Waals surface area contributed by atoms with E-state index in [1.165, 1.54) is 25.0 Å². The lowest BCUT2D eigenvalue weighted by Gasteiger charge is -2.04. The summed E-state index contributed by atoms with van der Waals surface area (Å²) < 4.78 is 0. The minimum Gasteiger partial charge on any atom is -0.475 e. The molecule has 1 aromatic rings. The lowest BCUT2D eigenvalue weighted by Crippen LogP contribution is -2.12. The highest BCUT2D eigenvalue weighted by molar-refractivity contribution is 8.00. The van der Waals surface area contributed by atoms with Gasteiger partial charge in [0, 0.05) is 15.7 Å². The smallest absolute Gasteiger partial charge is 0.377 e. The predicted molar refractivity (Wildman–Crippen MR) is 62.3 cm³/mol. The molecule has 84 valence electrons. The molecule has 1 N–H and O–H groups in total. The van der Waals surface area contributed by atoms with Crippen molar-refractivity contribution in [2.75, 3.05) is 0 Å². The zero-order valence-electron chi connectivity index (χ0n) is 8.27. The molecule has 0 amide bonds. The quantitative estimate of drug-likeness (QED) is 0.665. The van der Waals surface area contributed by atoms with Crippen LogP contribution in [0.1, 0.15) is 23.2 Å². The molecule has 1 aliphatic carbocycles. The number of hydrogen-bond donors (Lipinski definition) is 1. The molecule has 0 radical (unpaired) electrons. The molecule has 2 rings (SSSR count). The van der Waals surface area contributed by atoms with E-state index < -0.39 is 11.8 Å². The summed E-state index contributed by atoms with van der Waals surface area (Å²) >= 11 is 7.66. The normalized spacial score (nSPS) is 14.8. The van der Waals surface area contributed by atoms with Gasteiger partial charge in [0.05, 0.1) is 5.02 Å². The van der Waals surface area contributed by atoms with Crippen molar-refractivity contribution in [2.24, 2.45) is 0 Å². The van der Waals surface area contributed by atoms with Gasteiger partial charge in [-0.3, -0.25) is 4.79 Å². The van der Waals surface area contributed by atoms with Gasteiger partial charge in [0.2, 0.25) is 0 Å². The van der Waals surface area contributed by atoms with Gasteiger partial charge in [-0.1, -0.05) is 11.6 Å². The summed E-state index contributed by atoms with van der Waals surface area (Å²) in [4.78, 5) is 22.6. The van der Waals surface area contributed by atoms with Crippen LogP contribution in [-0.2, 0) is 4.79 Å². The number of thioether (sulfide) groups is 1. The average molecular weight is 257 g/mol. The summed E-state index contributed by atoms with van der Waals surface area (Å²) in [5.41, 5.74) is 0.123. The fourth-order valence-electron chi connectivity index (χ4n) is 1.23. The van der Waals surface area contributed by atoms with Crippen LogP contribution in [0.5, 0.6) is 0 Å². The van der Waals surface area contributed by atoms with Crippen molar-refractivity contribution >= 4 is 35.1 Å². The molecule has 0 atom stereocenters. The third-order valence-corrected chi connectivity index (χ3v) is 4.05. The van der Waals surface area contributed by atoms with Gasteiger partial charge in [-0.15, -0.1) is 11.8 Å². The minimum atomic E-state index is -1.46. The van der Waals surface area contributed by atoms with Crippen LogP contribution in [0, 0.1) is 0 Å². The summed E-state index contributed by atoms with van der Waals surface area (Å²) in [5.74, 6) is -2.39. The summed E-state index contributed by atoms with van der Waals surface area (Å²) in [5, 5.41) is 9.63. The maximum atomic E-state index is 11.2. The maximum absolute atomic E-state index is 11.2. The van der Waals surface area contributed by atoms with Gasteiger partial charge in [-0.05, 0) is 31.0 Å². The van der Waals surface area contributed by atoms with E-state index in [2.05, 4.69) is 0 Å². The van der Waals surface area contributed by atoms with Crippen LogP contribution in [-0.4, -0.2) is 22.1 Å². The Balaban J connectivity index is 2.20. The molecule has 1 fully saturated rings. The van der Waals surface area contributed by atoms with Crippen molar-refractivity contribution in [2.45, 2.75) is 23.0 Å². The van der Waals surface area contributed by atoms with Gasteiger partial charge in [0.1, 0.15) is 0 Å². The van der Waals surface area contributed by atoms with Crippen LogP contribution in [0.4, 0.5) is 0 Å². The second-order valence-corrected chi connectivity index (χ2v) is 5.35. The van der Waals surface area contributed by atoms with Crippen molar-refractivity contribution < 1.29 is 14.7 Å². The lowest BCUT2D eigenvalue weighted by atomic mass is 10.1. The van der Waals surface area contributed by atoms with E-state index in [1.54, 1.807) is 17.8 Å². The van der Waals surface area contributed by atoms with Crippen molar-refractivity contribution in [3.63, 3.8) is 0 Å². The highest BCUT2D eigenvalue weighted by Gasteiger charge is 2.24. The summed E-state index contributed by atoms with van der Waals surface area (Å²) in [6.07, 6.45) is 2.38. The zero-order chi connectivity index (χ0) is 11.7. The Hall–Kier alpha value is -1.000. The molecule has 1 saturated carbocycles. The molecule has 1 aliphatic rings. The number of carboxylic acid groups (broad SMARTS) is 1. The molecular formula is C11H9ClO3S. The van der Waals surface area contributed by atoms with E-state index >= 15 is 0 Å². The largest absolute Gasteiger partial charge is 0.475 e. The number of carbonyl (C=O) groups is 2. The van der Waals surface area contributed by atoms with Gasteiger partial charge >= 0.3 is 5.97 Å². The number of aliphatic carboxylic acids is 1. The first-order valence-corrected chi connectivity index (χ1v) is 6.07. The summed E-state index contributed by atoms with van der Waals surface area (Å²) in [7, 11) is 0. The minimum absolute atomic E-state index is 0.123. The van der Waals surface area contributed by atoms with Crippen molar-refractivity contribution in [1.82, 2.24) is 0 Å². The average Bonchev–Trinajstić information content (AvgIpc) is 3.03. The van der Waals surface area contributed by atoms with Crippen LogP contribution in [0.3, 0.4) is 0 Å². The topological polar surface area (TPSA) is 54.4 Å². The number of carbonyl (C=O) groups excluding carboxylic acids is 1. The van der Waals surface area contributed by atoms with E-state index in [9.17, 15) is 9.59 Å². The molecule has 0 bridgehead atoms. The first-order chi connectivity index (χ1) is 7.58. The maximum Gasteiger partial charge on any atom is 0.377 e.